The minimum atomic E-state index is -0.463. The number of carbonyl (C=O) groups is 1. The van der Waals surface area contributed by atoms with E-state index in [-0.39, 0.29) is 18.2 Å². The SMILES string of the molecule is COc1cc(C(=O)C(C)(C)C)ccc1OCc1cccc(F)c1. The zero-order chi connectivity index (χ0) is 17.0. The monoisotopic (exact) mass is 316 g/mol. The van der Waals surface area contributed by atoms with Crippen molar-refractivity contribution in [3.8, 4) is 11.5 Å². The predicted molar refractivity (Wildman–Crippen MR) is 87.5 cm³/mol. The fourth-order valence-corrected chi connectivity index (χ4v) is 2.15. The van der Waals surface area contributed by atoms with Gasteiger partial charge in [-0.1, -0.05) is 32.9 Å². The Bertz CT molecular complexity index is 702. The average molecular weight is 316 g/mol. The maximum atomic E-state index is 13.2. The molecule has 0 aliphatic heterocycles. The van der Waals surface area contributed by atoms with Gasteiger partial charge in [0.05, 0.1) is 7.11 Å². The molecule has 0 saturated carbocycles. The van der Waals surface area contributed by atoms with Gasteiger partial charge in [0.2, 0.25) is 0 Å². The number of hydrogen-bond acceptors (Lipinski definition) is 3. The molecule has 0 radical (unpaired) electrons. The van der Waals surface area contributed by atoms with Crippen molar-refractivity contribution < 1.29 is 18.7 Å². The third-order valence-corrected chi connectivity index (χ3v) is 3.39. The van der Waals surface area contributed by atoms with E-state index in [1.807, 2.05) is 20.8 Å². The van der Waals surface area contributed by atoms with Crippen LogP contribution >= 0.6 is 0 Å². The molecule has 0 N–H and O–H groups in total. The number of rotatable bonds is 5. The van der Waals surface area contributed by atoms with Gasteiger partial charge >= 0.3 is 0 Å². The summed E-state index contributed by atoms with van der Waals surface area (Å²) in [5.74, 6) is 0.732. The van der Waals surface area contributed by atoms with Crippen LogP contribution < -0.4 is 9.47 Å². The van der Waals surface area contributed by atoms with Crippen LogP contribution in [0.2, 0.25) is 0 Å². The van der Waals surface area contributed by atoms with Gasteiger partial charge in [0.15, 0.2) is 17.3 Å². The van der Waals surface area contributed by atoms with Crippen molar-refractivity contribution in [3.63, 3.8) is 0 Å². The molecule has 0 bridgehead atoms. The first-order valence-corrected chi connectivity index (χ1v) is 7.41. The second kappa shape index (κ2) is 6.82. The van der Waals surface area contributed by atoms with E-state index in [4.69, 9.17) is 9.47 Å². The minimum Gasteiger partial charge on any atom is -0.493 e. The Morgan fingerprint density at radius 2 is 1.83 bits per heavy atom. The largest absolute Gasteiger partial charge is 0.493 e. The lowest BCUT2D eigenvalue weighted by atomic mass is 9.86. The van der Waals surface area contributed by atoms with E-state index in [1.54, 1.807) is 30.3 Å². The van der Waals surface area contributed by atoms with Crippen LogP contribution in [0.25, 0.3) is 0 Å². The molecule has 2 aromatic rings. The maximum absolute atomic E-state index is 13.2. The number of ether oxygens (including phenoxy) is 2. The van der Waals surface area contributed by atoms with E-state index in [2.05, 4.69) is 0 Å². The first-order valence-electron chi connectivity index (χ1n) is 7.41. The maximum Gasteiger partial charge on any atom is 0.168 e. The van der Waals surface area contributed by atoms with Crippen LogP contribution in [-0.2, 0) is 6.61 Å². The van der Waals surface area contributed by atoms with Crippen molar-refractivity contribution in [2.45, 2.75) is 27.4 Å². The van der Waals surface area contributed by atoms with Crippen molar-refractivity contribution in [1.29, 1.82) is 0 Å². The quantitative estimate of drug-likeness (QED) is 0.754. The Kier molecular flexibility index (Phi) is 5.04. The van der Waals surface area contributed by atoms with Gasteiger partial charge in [-0.2, -0.15) is 0 Å². The summed E-state index contributed by atoms with van der Waals surface area (Å²) in [5, 5.41) is 0. The third-order valence-electron chi connectivity index (χ3n) is 3.39. The van der Waals surface area contributed by atoms with Gasteiger partial charge in [-0.3, -0.25) is 4.79 Å². The number of halogens is 1. The minimum absolute atomic E-state index is 0.0347. The second-order valence-corrected chi connectivity index (χ2v) is 6.36. The highest BCUT2D eigenvalue weighted by Gasteiger charge is 2.23. The van der Waals surface area contributed by atoms with Gasteiger partial charge in [0, 0.05) is 11.0 Å². The summed E-state index contributed by atoms with van der Waals surface area (Å²) in [6.45, 7) is 5.84. The van der Waals surface area contributed by atoms with E-state index in [0.717, 1.165) is 5.56 Å². The van der Waals surface area contributed by atoms with E-state index in [9.17, 15) is 9.18 Å². The van der Waals surface area contributed by atoms with Gasteiger partial charge < -0.3 is 9.47 Å². The molecule has 23 heavy (non-hydrogen) atoms. The summed E-state index contributed by atoms with van der Waals surface area (Å²) in [7, 11) is 1.52. The lowest BCUT2D eigenvalue weighted by Gasteiger charge is -2.18. The standard InChI is InChI=1S/C19H21FO3/c1-19(2,3)18(21)14-8-9-16(17(11-14)22-4)23-12-13-6-5-7-15(20)10-13/h5-11H,12H2,1-4H3. The Labute approximate surface area is 136 Å². The Hall–Kier alpha value is -2.36. The molecule has 0 aliphatic rings. The molecule has 122 valence electrons. The first-order chi connectivity index (χ1) is 10.8. The molecule has 3 nitrogen and oxygen atoms in total. The molecule has 0 amide bonds. The molecule has 0 aromatic heterocycles. The fraction of sp³-hybridized carbons (Fsp3) is 0.316. The zero-order valence-electron chi connectivity index (χ0n) is 13.9. The molecule has 0 saturated heterocycles. The van der Waals surface area contributed by atoms with E-state index in [1.165, 1.54) is 19.2 Å². The molecule has 2 aromatic carbocycles. The molecule has 0 heterocycles. The highest BCUT2D eigenvalue weighted by atomic mass is 19.1. The molecule has 4 heteroatoms. The summed E-state index contributed by atoms with van der Waals surface area (Å²) in [4.78, 5) is 12.3. The number of benzene rings is 2. The van der Waals surface area contributed by atoms with Crippen molar-refractivity contribution in [2.75, 3.05) is 7.11 Å². The molecular formula is C19H21FO3. The molecule has 0 spiro atoms. The molecule has 0 aliphatic carbocycles. The number of Topliss-reactive ketones (excluding diaryl/α,β-unsaturated/α-hetero) is 1. The van der Waals surface area contributed by atoms with Crippen LogP contribution in [0.4, 0.5) is 4.39 Å². The summed E-state index contributed by atoms with van der Waals surface area (Å²) in [5.41, 5.74) is 0.837. The average Bonchev–Trinajstić information content (AvgIpc) is 2.51. The summed E-state index contributed by atoms with van der Waals surface area (Å²) in [6, 6.07) is 11.3. The number of methoxy groups -OCH3 is 1. The Morgan fingerprint density at radius 3 is 2.43 bits per heavy atom. The Balaban J connectivity index is 2.18. The van der Waals surface area contributed by atoms with Crippen molar-refractivity contribution in [2.24, 2.45) is 5.41 Å². The summed E-state index contributed by atoms with van der Waals surface area (Å²) in [6.07, 6.45) is 0. The van der Waals surface area contributed by atoms with Crippen LogP contribution in [-0.4, -0.2) is 12.9 Å². The van der Waals surface area contributed by atoms with Gasteiger partial charge in [0.1, 0.15) is 12.4 Å². The predicted octanol–water partition coefficient (Wildman–Crippen LogP) is 4.64. The molecule has 0 fully saturated rings. The van der Waals surface area contributed by atoms with Crippen molar-refractivity contribution in [3.05, 3.63) is 59.4 Å². The van der Waals surface area contributed by atoms with Crippen LogP contribution in [0, 0.1) is 11.2 Å². The number of hydrogen-bond donors (Lipinski definition) is 0. The van der Waals surface area contributed by atoms with E-state index >= 15 is 0 Å². The topological polar surface area (TPSA) is 35.5 Å². The molecule has 0 atom stereocenters. The summed E-state index contributed by atoms with van der Waals surface area (Å²) < 4.78 is 24.2. The van der Waals surface area contributed by atoms with Crippen LogP contribution in [0.15, 0.2) is 42.5 Å². The van der Waals surface area contributed by atoms with Crippen molar-refractivity contribution in [1.82, 2.24) is 0 Å². The van der Waals surface area contributed by atoms with E-state index < -0.39 is 5.41 Å². The second-order valence-electron chi connectivity index (χ2n) is 6.36. The third kappa shape index (κ3) is 4.31. The Morgan fingerprint density at radius 1 is 1.09 bits per heavy atom. The first kappa shape index (κ1) is 17.0. The van der Waals surface area contributed by atoms with Crippen LogP contribution in [0.1, 0.15) is 36.7 Å². The summed E-state index contributed by atoms with van der Waals surface area (Å²) >= 11 is 0. The smallest absolute Gasteiger partial charge is 0.168 e. The van der Waals surface area contributed by atoms with E-state index in [0.29, 0.717) is 17.1 Å². The molecular weight excluding hydrogens is 295 g/mol. The number of carbonyl (C=O) groups excluding carboxylic acids is 1. The highest BCUT2D eigenvalue weighted by Crippen LogP contribution is 2.31. The molecule has 2 rings (SSSR count). The van der Waals surface area contributed by atoms with Gasteiger partial charge in [-0.15, -0.1) is 0 Å². The number of ketones is 1. The van der Waals surface area contributed by atoms with Crippen LogP contribution in [0.3, 0.4) is 0 Å². The highest BCUT2D eigenvalue weighted by molar-refractivity contribution is 6.00. The lowest BCUT2D eigenvalue weighted by Crippen LogP contribution is -2.20. The zero-order valence-corrected chi connectivity index (χ0v) is 13.9. The van der Waals surface area contributed by atoms with Gasteiger partial charge in [0.25, 0.3) is 0 Å². The molecule has 0 unspecified atom stereocenters. The normalized spacial score (nSPS) is 11.2. The van der Waals surface area contributed by atoms with Crippen molar-refractivity contribution >= 4 is 5.78 Å². The van der Waals surface area contributed by atoms with Gasteiger partial charge in [-0.05, 0) is 35.9 Å². The fourth-order valence-electron chi connectivity index (χ4n) is 2.15. The van der Waals surface area contributed by atoms with Gasteiger partial charge in [-0.25, -0.2) is 4.39 Å². The van der Waals surface area contributed by atoms with Crippen LogP contribution in [0.5, 0.6) is 11.5 Å². The lowest BCUT2D eigenvalue weighted by molar-refractivity contribution is 0.0858.